The Kier molecular flexibility index (Phi) is 5.74. The number of hydrogen-bond acceptors (Lipinski definition) is 5. The number of rotatable bonds is 4. The third-order valence-corrected chi connectivity index (χ3v) is 7.49. The Morgan fingerprint density at radius 2 is 1.65 bits per heavy atom. The third kappa shape index (κ3) is 4.04. The van der Waals surface area contributed by atoms with Crippen LogP contribution in [-0.2, 0) is 10.0 Å². The summed E-state index contributed by atoms with van der Waals surface area (Å²) in [5.74, 6) is -1.65. The summed E-state index contributed by atoms with van der Waals surface area (Å²) >= 11 is 3.12. The number of benzene rings is 2. The molecule has 4 rings (SSSR count). The normalized spacial score (nSPS) is 17.7. The van der Waals surface area contributed by atoms with Crippen molar-refractivity contribution < 1.29 is 22.4 Å². The number of nitrogens with zero attached hydrogens (tertiary/aromatic N) is 1. The van der Waals surface area contributed by atoms with Gasteiger partial charge in [0.1, 0.15) is 11.5 Å². The fraction of sp³-hybridized carbons (Fsp3) is 0.273. The number of allylic oxidation sites excluding steroid dienone is 2. The first kappa shape index (κ1) is 21.7. The lowest BCUT2D eigenvalue weighted by molar-refractivity contribution is 0.0933. The number of carbonyl (C=O) groups is 2. The van der Waals surface area contributed by atoms with E-state index < -0.39 is 32.3 Å². The highest BCUT2D eigenvalue weighted by molar-refractivity contribution is 9.10. The lowest BCUT2D eigenvalue weighted by Gasteiger charge is -2.35. The highest BCUT2D eigenvalue weighted by Crippen LogP contribution is 2.34. The lowest BCUT2D eigenvalue weighted by Crippen LogP contribution is -2.41. The van der Waals surface area contributed by atoms with Crippen LogP contribution in [0, 0.1) is 11.7 Å². The van der Waals surface area contributed by atoms with E-state index in [1.165, 1.54) is 24.3 Å². The maximum Gasteiger partial charge on any atom is 0.268 e. The lowest BCUT2D eigenvalue weighted by atomic mass is 9.90. The monoisotopic (exact) mass is 506 g/mol. The Balaban J connectivity index is 1.86. The standard InChI is InChI=1S/C22H20BrFN2O4S/c1-13-8-10-26(11-9-13)19-20(27)15-4-2-3-5-16(15)21(28)22(19)31(29,30)25-18-7-6-14(23)12-17(18)24/h2-7,12-13,25H,8-11H2,1H3. The smallest absolute Gasteiger partial charge is 0.268 e. The molecule has 1 aliphatic heterocycles. The van der Waals surface area contributed by atoms with E-state index >= 15 is 0 Å². The number of nitrogens with one attached hydrogen (secondary N) is 1. The molecule has 1 fully saturated rings. The van der Waals surface area contributed by atoms with Crippen LogP contribution in [-0.4, -0.2) is 38.0 Å². The number of Topliss-reactive ketones (excluding diaryl/α,β-unsaturated/α-hetero) is 2. The molecule has 0 unspecified atom stereocenters. The quantitative estimate of drug-likeness (QED) is 0.666. The van der Waals surface area contributed by atoms with Crippen molar-refractivity contribution in [1.29, 1.82) is 0 Å². The van der Waals surface area contributed by atoms with Crippen LogP contribution in [0.15, 0.2) is 57.5 Å². The van der Waals surface area contributed by atoms with Crippen molar-refractivity contribution in [2.75, 3.05) is 17.8 Å². The molecule has 9 heteroatoms. The van der Waals surface area contributed by atoms with E-state index in [-0.39, 0.29) is 22.5 Å². The van der Waals surface area contributed by atoms with E-state index in [0.29, 0.717) is 23.5 Å². The van der Waals surface area contributed by atoms with Gasteiger partial charge in [-0.15, -0.1) is 0 Å². The van der Waals surface area contributed by atoms with Gasteiger partial charge in [0.15, 0.2) is 4.91 Å². The molecule has 0 aromatic heterocycles. The summed E-state index contributed by atoms with van der Waals surface area (Å²) in [6.07, 6.45) is 1.55. The first-order valence-electron chi connectivity index (χ1n) is 9.84. The third-order valence-electron chi connectivity index (χ3n) is 5.60. The Morgan fingerprint density at radius 3 is 2.26 bits per heavy atom. The van der Waals surface area contributed by atoms with Gasteiger partial charge < -0.3 is 4.90 Å². The predicted molar refractivity (Wildman–Crippen MR) is 119 cm³/mol. The van der Waals surface area contributed by atoms with Gasteiger partial charge in [0, 0.05) is 28.7 Å². The number of carbonyl (C=O) groups excluding carboxylic acids is 2. The van der Waals surface area contributed by atoms with Gasteiger partial charge in [-0.25, -0.2) is 12.8 Å². The average molecular weight is 507 g/mol. The highest BCUT2D eigenvalue weighted by Gasteiger charge is 2.42. The van der Waals surface area contributed by atoms with Crippen LogP contribution in [0.5, 0.6) is 0 Å². The molecule has 1 aliphatic carbocycles. The van der Waals surface area contributed by atoms with E-state index in [2.05, 4.69) is 27.6 Å². The summed E-state index contributed by atoms with van der Waals surface area (Å²) in [5, 5.41) is 0. The van der Waals surface area contributed by atoms with Gasteiger partial charge in [-0.1, -0.05) is 47.1 Å². The van der Waals surface area contributed by atoms with Gasteiger partial charge in [0.2, 0.25) is 11.6 Å². The first-order chi connectivity index (χ1) is 14.7. The van der Waals surface area contributed by atoms with E-state index in [0.717, 1.165) is 18.9 Å². The minimum absolute atomic E-state index is 0.0262. The van der Waals surface area contributed by atoms with E-state index in [1.807, 2.05) is 0 Å². The molecule has 0 saturated carbocycles. The number of hydrogen-bond donors (Lipinski definition) is 1. The summed E-state index contributed by atoms with van der Waals surface area (Å²) < 4.78 is 43.6. The van der Waals surface area contributed by atoms with Crippen LogP contribution in [0.1, 0.15) is 40.5 Å². The zero-order valence-corrected chi connectivity index (χ0v) is 19.1. The van der Waals surface area contributed by atoms with Gasteiger partial charge in [0.25, 0.3) is 10.0 Å². The molecule has 31 heavy (non-hydrogen) atoms. The second-order valence-electron chi connectivity index (χ2n) is 7.78. The van der Waals surface area contributed by atoms with Gasteiger partial charge in [0.05, 0.1) is 5.69 Å². The predicted octanol–water partition coefficient (Wildman–Crippen LogP) is 4.35. The van der Waals surface area contributed by atoms with Crippen LogP contribution < -0.4 is 4.72 Å². The Labute approximate surface area is 188 Å². The largest absolute Gasteiger partial charge is 0.367 e. The Morgan fingerprint density at radius 1 is 1.03 bits per heavy atom. The van der Waals surface area contributed by atoms with E-state index in [4.69, 9.17) is 0 Å². The fourth-order valence-corrected chi connectivity index (χ4v) is 5.60. The molecule has 162 valence electrons. The summed E-state index contributed by atoms with van der Waals surface area (Å²) in [6, 6.07) is 10.0. The van der Waals surface area contributed by atoms with Crippen molar-refractivity contribution in [2.24, 2.45) is 5.92 Å². The molecule has 0 amide bonds. The molecule has 1 N–H and O–H groups in total. The molecular weight excluding hydrogens is 487 g/mol. The maximum absolute atomic E-state index is 14.3. The number of fused-ring (bicyclic) bond motifs is 1. The SMILES string of the molecule is CC1CCN(C2=C(S(=O)(=O)Nc3ccc(Br)cc3F)C(=O)c3ccccc3C2=O)CC1. The Hall–Kier alpha value is -2.52. The minimum atomic E-state index is -4.55. The number of ketones is 2. The van der Waals surface area contributed by atoms with Crippen molar-refractivity contribution in [3.8, 4) is 0 Å². The molecule has 2 aliphatic rings. The second-order valence-corrected chi connectivity index (χ2v) is 10.3. The van der Waals surface area contributed by atoms with Gasteiger partial charge >= 0.3 is 0 Å². The summed E-state index contributed by atoms with van der Waals surface area (Å²) in [5.41, 5.74) is -0.241. The van der Waals surface area contributed by atoms with Crippen molar-refractivity contribution in [1.82, 2.24) is 4.90 Å². The Bertz CT molecular complexity index is 1220. The average Bonchev–Trinajstić information content (AvgIpc) is 2.73. The molecule has 1 heterocycles. The molecule has 0 atom stereocenters. The molecule has 2 aromatic rings. The summed E-state index contributed by atoms with van der Waals surface area (Å²) in [6.45, 7) is 3.01. The number of halogens is 2. The van der Waals surface area contributed by atoms with E-state index in [9.17, 15) is 22.4 Å². The number of likely N-dealkylation sites (tertiary alicyclic amines) is 1. The van der Waals surface area contributed by atoms with Crippen molar-refractivity contribution in [3.63, 3.8) is 0 Å². The zero-order chi connectivity index (χ0) is 22.3. The molecule has 0 bridgehead atoms. The van der Waals surface area contributed by atoms with Gasteiger partial charge in [-0.3, -0.25) is 14.3 Å². The second kappa shape index (κ2) is 8.20. The van der Waals surface area contributed by atoms with Gasteiger partial charge in [-0.2, -0.15) is 0 Å². The maximum atomic E-state index is 14.3. The van der Waals surface area contributed by atoms with Crippen LogP contribution in [0.2, 0.25) is 0 Å². The highest BCUT2D eigenvalue weighted by atomic mass is 79.9. The minimum Gasteiger partial charge on any atom is -0.367 e. The van der Waals surface area contributed by atoms with Crippen molar-refractivity contribution >= 4 is 43.2 Å². The van der Waals surface area contributed by atoms with Crippen molar-refractivity contribution in [3.05, 3.63) is 74.5 Å². The van der Waals surface area contributed by atoms with Crippen LogP contribution in [0.25, 0.3) is 0 Å². The molecular formula is C22H20BrFN2O4S. The number of anilines is 1. The van der Waals surface area contributed by atoms with Crippen LogP contribution in [0.4, 0.5) is 10.1 Å². The van der Waals surface area contributed by atoms with E-state index in [1.54, 1.807) is 17.0 Å². The molecule has 0 radical (unpaired) electrons. The van der Waals surface area contributed by atoms with Crippen LogP contribution in [0.3, 0.4) is 0 Å². The first-order valence-corrected chi connectivity index (χ1v) is 12.1. The summed E-state index contributed by atoms with van der Waals surface area (Å²) in [7, 11) is -4.55. The molecule has 0 spiro atoms. The van der Waals surface area contributed by atoms with Crippen LogP contribution >= 0.6 is 15.9 Å². The fourth-order valence-electron chi connectivity index (χ4n) is 3.88. The topological polar surface area (TPSA) is 83.6 Å². The van der Waals surface area contributed by atoms with Crippen molar-refractivity contribution in [2.45, 2.75) is 19.8 Å². The molecule has 1 saturated heterocycles. The number of sulfonamides is 1. The zero-order valence-electron chi connectivity index (χ0n) is 16.7. The summed E-state index contributed by atoms with van der Waals surface area (Å²) in [4.78, 5) is 27.7. The van der Waals surface area contributed by atoms with Gasteiger partial charge in [-0.05, 0) is 37.0 Å². The molecule has 6 nitrogen and oxygen atoms in total. The number of piperidine rings is 1. The molecule has 2 aromatic carbocycles.